The number of allylic oxidation sites excluding steroid dienone is 2. The first-order chi connectivity index (χ1) is 18.4. The van der Waals surface area contributed by atoms with Crippen LogP contribution in [0.1, 0.15) is 90.9 Å². The quantitative estimate of drug-likeness (QED) is 0.144. The van der Waals surface area contributed by atoms with Gasteiger partial charge in [-0.05, 0) is 39.5 Å². The van der Waals surface area contributed by atoms with Gasteiger partial charge in [-0.1, -0.05) is 50.7 Å². The predicted octanol–water partition coefficient (Wildman–Crippen LogP) is 4.73. The average Bonchev–Trinajstić information content (AvgIpc) is 3.35. The minimum atomic E-state index is -0.802. The topological polar surface area (TPSA) is 74.8 Å². The summed E-state index contributed by atoms with van der Waals surface area (Å²) in [7, 11) is 0. The molecule has 2 saturated heterocycles. The number of carbonyl (C=O) groups is 4. The van der Waals surface area contributed by atoms with Crippen LogP contribution in [0.15, 0.2) is 12.2 Å². The lowest BCUT2D eigenvalue weighted by Crippen LogP contribution is -2.63. The molecule has 4 unspecified atom stereocenters. The average molecular weight is 519 g/mol. The van der Waals surface area contributed by atoms with Gasteiger partial charge in [-0.2, -0.15) is 0 Å². The molecular formula is C32H42N2O4. The van der Waals surface area contributed by atoms with Crippen LogP contribution in [-0.4, -0.2) is 46.5 Å². The van der Waals surface area contributed by atoms with Crippen LogP contribution in [0.5, 0.6) is 0 Å². The van der Waals surface area contributed by atoms with Crippen LogP contribution in [0.25, 0.3) is 0 Å². The Kier molecular flexibility index (Phi) is 8.51. The second kappa shape index (κ2) is 11.5. The maximum atomic E-state index is 13.9. The summed E-state index contributed by atoms with van der Waals surface area (Å²) >= 11 is 0. The van der Waals surface area contributed by atoms with E-state index >= 15 is 0 Å². The van der Waals surface area contributed by atoms with Crippen LogP contribution in [0, 0.1) is 59.2 Å². The van der Waals surface area contributed by atoms with E-state index < -0.39 is 34.5 Å². The number of amides is 4. The van der Waals surface area contributed by atoms with E-state index in [1.807, 2.05) is 13.8 Å². The summed E-state index contributed by atoms with van der Waals surface area (Å²) in [6.45, 7) is 4.28. The molecule has 3 aliphatic carbocycles. The number of terminal acetylenes is 2. The number of unbranched alkanes of at least 4 members (excludes halogenated alkanes) is 8. The van der Waals surface area contributed by atoms with Gasteiger partial charge in [-0.25, -0.2) is 0 Å². The molecule has 2 bridgehead atoms. The van der Waals surface area contributed by atoms with E-state index in [-0.39, 0.29) is 23.6 Å². The molecule has 5 rings (SSSR count). The van der Waals surface area contributed by atoms with E-state index in [0.29, 0.717) is 25.9 Å². The van der Waals surface area contributed by atoms with Crippen molar-refractivity contribution in [3.8, 4) is 24.7 Å². The third kappa shape index (κ3) is 4.21. The van der Waals surface area contributed by atoms with E-state index in [1.54, 1.807) is 0 Å². The lowest BCUT2D eigenvalue weighted by atomic mass is 9.39. The normalized spacial score (nSPS) is 33.1. The van der Waals surface area contributed by atoms with Crippen LogP contribution in [0.2, 0.25) is 0 Å². The number of carbonyl (C=O) groups excluding carboxylic acids is 4. The highest BCUT2D eigenvalue weighted by atomic mass is 16.2. The largest absolute Gasteiger partial charge is 0.282 e. The van der Waals surface area contributed by atoms with E-state index in [0.717, 1.165) is 64.2 Å². The Morgan fingerprint density at radius 1 is 0.605 bits per heavy atom. The molecule has 6 heteroatoms. The maximum absolute atomic E-state index is 13.9. The molecule has 204 valence electrons. The molecule has 0 aromatic rings. The second-order valence-corrected chi connectivity index (χ2v) is 11.5. The third-order valence-electron chi connectivity index (χ3n) is 9.81. The zero-order chi connectivity index (χ0) is 27.5. The first-order valence-corrected chi connectivity index (χ1v) is 14.6. The molecule has 2 aliphatic heterocycles. The van der Waals surface area contributed by atoms with Crippen molar-refractivity contribution >= 4 is 23.6 Å². The first kappa shape index (κ1) is 28.2. The summed E-state index contributed by atoms with van der Waals surface area (Å²) in [5, 5.41) is 0. The van der Waals surface area contributed by atoms with Gasteiger partial charge in [0.15, 0.2) is 0 Å². The fraction of sp³-hybridized carbons (Fsp3) is 0.688. The van der Waals surface area contributed by atoms with Gasteiger partial charge in [0.1, 0.15) is 0 Å². The van der Waals surface area contributed by atoms with E-state index in [9.17, 15) is 19.2 Å². The number of hydrogen-bond acceptors (Lipinski definition) is 4. The highest BCUT2D eigenvalue weighted by Gasteiger charge is 2.78. The van der Waals surface area contributed by atoms with Crippen LogP contribution in [-0.2, 0) is 19.2 Å². The van der Waals surface area contributed by atoms with Crippen molar-refractivity contribution in [3.05, 3.63) is 12.2 Å². The molecule has 4 atom stereocenters. The third-order valence-corrected chi connectivity index (χ3v) is 9.81. The summed E-state index contributed by atoms with van der Waals surface area (Å²) in [4.78, 5) is 58.3. The molecule has 3 fully saturated rings. The fourth-order valence-electron chi connectivity index (χ4n) is 8.17. The maximum Gasteiger partial charge on any atom is 0.234 e. The van der Waals surface area contributed by atoms with E-state index in [1.165, 1.54) is 9.80 Å². The lowest BCUT2D eigenvalue weighted by Gasteiger charge is -2.59. The SMILES string of the molecule is C#CCCCCCCC12C=CC(CCCCCCC#C)(C3C(=O)N(CC)C(=O)C31)C1C(=O)N(CC)C(=O)C12. The van der Waals surface area contributed by atoms with Gasteiger partial charge in [-0.3, -0.25) is 29.0 Å². The molecule has 1 saturated carbocycles. The molecule has 38 heavy (non-hydrogen) atoms. The Morgan fingerprint density at radius 3 is 1.21 bits per heavy atom. The van der Waals surface area contributed by atoms with Gasteiger partial charge in [0, 0.05) is 36.8 Å². The molecule has 2 heterocycles. The van der Waals surface area contributed by atoms with Crippen molar-refractivity contribution in [2.75, 3.05) is 13.1 Å². The van der Waals surface area contributed by atoms with Crippen molar-refractivity contribution in [1.29, 1.82) is 0 Å². The summed E-state index contributed by atoms with van der Waals surface area (Å²) in [5.41, 5.74) is -1.60. The molecule has 0 aromatic heterocycles. The predicted molar refractivity (Wildman–Crippen MR) is 146 cm³/mol. The molecular weight excluding hydrogens is 476 g/mol. The lowest BCUT2D eigenvalue weighted by molar-refractivity contribution is -0.161. The minimum absolute atomic E-state index is 0.161. The van der Waals surface area contributed by atoms with Gasteiger partial charge in [-0.15, -0.1) is 24.7 Å². The van der Waals surface area contributed by atoms with Crippen LogP contribution in [0.3, 0.4) is 0 Å². The molecule has 0 N–H and O–H groups in total. The summed E-state index contributed by atoms with van der Waals surface area (Å²) in [6, 6.07) is 0. The Morgan fingerprint density at radius 2 is 0.921 bits per heavy atom. The molecule has 0 aromatic carbocycles. The number of nitrogens with zero attached hydrogens (tertiary/aromatic N) is 2. The van der Waals surface area contributed by atoms with Gasteiger partial charge < -0.3 is 0 Å². The molecule has 6 nitrogen and oxygen atoms in total. The Hall–Kier alpha value is -2.86. The highest BCUT2D eigenvalue weighted by molar-refractivity contribution is 6.12. The molecule has 0 radical (unpaired) electrons. The van der Waals surface area contributed by atoms with Gasteiger partial charge in [0.2, 0.25) is 23.6 Å². The van der Waals surface area contributed by atoms with E-state index in [4.69, 9.17) is 12.8 Å². The first-order valence-electron chi connectivity index (χ1n) is 14.6. The minimum Gasteiger partial charge on any atom is -0.282 e. The Bertz CT molecular complexity index is 948. The fourth-order valence-corrected chi connectivity index (χ4v) is 8.17. The van der Waals surface area contributed by atoms with Crippen LogP contribution in [0.4, 0.5) is 0 Å². The summed E-state index contributed by atoms with van der Waals surface area (Å²) in [5.74, 6) is 2.38. The summed E-state index contributed by atoms with van der Waals surface area (Å²) in [6.07, 6.45) is 25.1. The van der Waals surface area contributed by atoms with Gasteiger partial charge in [0.05, 0.1) is 23.7 Å². The second-order valence-electron chi connectivity index (χ2n) is 11.5. The zero-order valence-corrected chi connectivity index (χ0v) is 23.0. The standard InChI is InChI=1S/C32H42N2O4/c1-5-9-11-13-15-17-19-31-21-22-32(20-18-16-14-12-10-6-2,25-23(31)27(35)33(7-3)29(25)37)26-24(31)28(36)34(8-4)30(26)38/h1-2,21-26H,7-20H2,3-4H3. The van der Waals surface area contributed by atoms with Crippen molar-refractivity contribution in [3.63, 3.8) is 0 Å². The van der Waals surface area contributed by atoms with Crippen molar-refractivity contribution in [1.82, 2.24) is 9.80 Å². The smallest absolute Gasteiger partial charge is 0.234 e. The van der Waals surface area contributed by atoms with Crippen LogP contribution < -0.4 is 0 Å². The molecule has 0 spiro atoms. The Labute approximate surface area is 228 Å². The number of rotatable bonds is 14. The van der Waals surface area contributed by atoms with Gasteiger partial charge in [0.25, 0.3) is 0 Å². The molecule has 4 amide bonds. The van der Waals surface area contributed by atoms with Crippen molar-refractivity contribution in [2.45, 2.75) is 90.9 Å². The van der Waals surface area contributed by atoms with Crippen molar-refractivity contribution in [2.24, 2.45) is 34.5 Å². The van der Waals surface area contributed by atoms with E-state index in [2.05, 4.69) is 24.0 Å². The van der Waals surface area contributed by atoms with Crippen LogP contribution >= 0.6 is 0 Å². The monoisotopic (exact) mass is 518 g/mol. The number of likely N-dealkylation sites (tertiary alicyclic amines) is 2. The number of imide groups is 2. The van der Waals surface area contributed by atoms with Crippen molar-refractivity contribution < 1.29 is 19.2 Å². The van der Waals surface area contributed by atoms with Gasteiger partial charge >= 0.3 is 0 Å². The zero-order valence-electron chi connectivity index (χ0n) is 23.0. The Balaban J connectivity index is 1.73. The molecule has 5 aliphatic rings. The highest BCUT2D eigenvalue weighted by Crippen LogP contribution is 2.71. The summed E-state index contributed by atoms with van der Waals surface area (Å²) < 4.78 is 0. The number of hydrogen-bond donors (Lipinski definition) is 0.